The topological polar surface area (TPSA) is 67.0 Å². The predicted molar refractivity (Wildman–Crippen MR) is 78.4 cm³/mol. The van der Waals surface area contributed by atoms with Crippen molar-refractivity contribution >= 4 is 12.0 Å². The molecule has 0 spiro atoms. The second-order valence-corrected chi connectivity index (χ2v) is 4.94. The van der Waals surface area contributed by atoms with Gasteiger partial charge in [-0.2, -0.15) is 18.4 Å². The number of nitrogens with one attached hydrogen (secondary N) is 1. The van der Waals surface area contributed by atoms with Crippen LogP contribution in [0.15, 0.2) is 11.6 Å². The molecule has 1 aromatic rings. The standard InChI is InChI=1S/C15H18F3N3O2/c1-10-6-12(11(2)21(10)4-5-23-3)7-13(8-19)14(22)20-9-15(16,17)18/h6-7H,4-5,9H2,1-3H3,(H,20,22)/b13-7+. The maximum absolute atomic E-state index is 12.1. The minimum Gasteiger partial charge on any atom is -0.383 e. The van der Waals surface area contributed by atoms with Crippen molar-refractivity contribution in [3.8, 4) is 6.07 Å². The van der Waals surface area contributed by atoms with Crippen LogP contribution in [0.3, 0.4) is 0 Å². The molecule has 0 aliphatic heterocycles. The lowest BCUT2D eigenvalue weighted by Gasteiger charge is -2.09. The van der Waals surface area contributed by atoms with Crippen molar-refractivity contribution in [3.63, 3.8) is 0 Å². The average Bonchev–Trinajstić information content (AvgIpc) is 2.73. The number of aromatic nitrogens is 1. The minimum absolute atomic E-state index is 0.374. The molecule has 0 atom stereocenters. The van der Waals surface area contributed by atoms with Gasteiger partial charge in [-0.25, -0.2) is 0 Å². The number of amides is 1. The molecule has 23 heavy (non-hydrogen) atoms. The first-order valence-electron chi connectivity index (χ1n) is 6.82. The monoisotopic (exact) mass is 329 g/mol. The highest BCUT2D eigenvalue weighted by Crippen LogP contribution is 2.18. The van der Waals surface area contributed by atoms with E-state index in [1.807, 2.05) is 11.5 Å². The number of ether oxygens (including phenoxy) is 1. The number of carbonyl (C=O) groups excluding carboxylic acids is 1. The Morgan fingerprint density at radius 3 is 2.65 bits per heavy atom. The van der Waals surface area contributed by atoms with Crippen molar-refractivity contribution in [2.45, 2.75) is 26.6 Å². The number of hydrogen-bond acceptors (Lipinski definition) is 3. The highest BCUT2D eigenvalue weighted by molar-refractivity contribution is 6.01. The van der Waals surface area contributed by atoms with Crippen LogP contribution < -0.4 is 5.32 Å². The molecule has 1 N–H and O–H groups in total. The third-order valence-electron chi connectivity index (χ3n) is 3.25. The fourth-order valence-electron chi connectivity index (χ4n) is 2.08. The molecule has 1 rings (SSSR count). The summed E-state index contributed by atoms with van der Waals surface area (Å²) < 4.78 is 43.3. The van der Waals surface area contributed by atoms with E-state index in [1.54, 1.807) is 31.5 Å². The molecular formula is C15H18F3N3O2. The molecular weight excluding hydrogens is 311 g/mol. The van der Waals surface area contributed by atoms with Gasteiger partial charge in [0.05, 0.1) is 6.61 Å². The first-order chi connectivity index (χ1) is 10.7. The zero-order valence-corrected chi connectivity index (χ0v) is 13.1. The lowest BCUT2D eigenvalue weighted by atomic mass is 10.1. The van der Waals surface area contributed by atoms with E-state index >= 15 is 0 Å². The van der Waals surface area contributed by atoms with Gasteiger partial charge in [0.25, 0.3) is 5.91 Å². The molecule has 0 radical (unpaired) electrons. The molecule has 126 valence electrons. The van der Waals surface area contributed by atoms with Crippen LogP contribution in [0, 0.1) is 25.2 Å². The SMILES string of the molecule is COCCn1c(C)cc(/C=C(\C#N)C(=O)NCC(F)(F)F)c1C. The number of nitriles is 1. The van der Waals surface area contributed by atoms with Crippen LogP contribution in [0.5, 0.6) is 0 Å². The van der Waals surface area contributed by atoms with E-state index in [9.17, 15) is 18.0 Å². The lowest BCUT2D eigenvalue weighted by molar-refractivity contribution is -0.136. The molecule has 1 amide bonds. The Labute approximate surface area is 132 Å². The van der Waals surface area contributed by atoms with Crippen LogP contribution in [-0.2, 0) is 16.1 Å². The van der Waals surface area contributed by atoms with E-state index in [4.69, 9.17) is 10.00 Å². The minimum atomic E-state index is -4.52. The molecule has 0 saturated carbocycles. The summed E-state index contributed by atoms with van der Waals surface area (Å²) in [6.45, 7) is 3.28. The molecule has 0 aromatic carbocycles. The van der Waals surface area contributed by atoms with Gasteiger partial charge in [-0.15, -0.1) is 0 Å². The summed E-state index contributed by atoms with van der Waals surface area (Å²) in [4.78, 5) is 11.7. The normalized spacial score (nSPS) is 12.1. The number of halogens is 3. The van der Waals surface area contributed by atoms with Crippen LogP contribution in [0.25, 0.3) is 6.08 Å². The summed E-state index contributed by atoms with van der Waals surface area (Å²) >= 11 is 0. The fourth-order valence-corrected chi connectivity index (χ4v) is 2.08. The quantitative estimate of drug-likeness (QED) is 0.643. The van der Waals surface area contributed by atoms with Crippen LogP contribution in [0.2, 0.25) is 0 Å². The van der Waals surface area contributed by atoms with E-state index in [0.29, 0.717) is 18.7 Å². The molecule has 0 bridgehead atoms. The smallest absolute Gasteiger partial charge is 0.383 e. The molecule has 1 heterocycles. The van der Waals surface area contributed by atoms with Crippen molar-refractivity contribution in [1.82, 2.24) is 9.88 Å². The zero-order valence-electron chi connectivity index (χ0n) is 13.1. The van der Waals surface area contributed by atoms with Crippen LogP contribution in [0.4, 0.5) is 13.2 Å². The summed E-state index contributed by atoms with van der Waals surface area (Å²) in [5.41, 5.74) is 1.94. The van der Waals surface area contributed by atoms with Crippen molar-refractivity contribution < 1.29 is 22.7 Å². The van der Waals surface area contributed by atoms with Gasteiger partial charge < -0.3 is 14.6 Å². The third-order valence-corrected chi connectivity index (χ3v) is 3.25. The molecule has 0 aliphatic rings. The average molecular weight is 329 g/mol. The van der Waals surface area contributed by atoms with E-state index in [0.717, 1.165) is 11.4 Å². The number of rotatable bonds is 6. The van der Waals surface area contributed by atoms with E-state index < -0.39 is 18.6 Å². The molecule has 0 unspecified atom stereocenters. The van der Waals surface area contributed by atoms with Crippen molar-refractivity contribution in [2.75, 3.05) is 20.3 Å². The summed E-state index contributed by atoms with van der Waals surface area (Å²) in [5, 5.41) is 10.7. The Morgan fingerprint density at radius 2 is 2.13 bits per heavy atom. The second-order valence-electron chi connectivity index (χ2n) is 4.94. The van der Waals surface area contributed by atoms with Crippen molar-refractivity contribution in [2.24, 2.45) is 0 Å². The van der Waals surface area contributed by atoms with Gasteiger partial charge in [0, 0.05) is 25.0 Å². The highest BCUT2D eigenvalue weighted by Gasteiger charge is 2.28. The Balaban J connectivity index is 2.99. The molecule has 8 heteroatoms. The van der Waals surface area contributed by atoms with Gasteiger partial charge in [0.2, 0.25) is 0 Å². The first-order valence-corrected chi connectivity index (χ1v) is 6.82. The number of carbonyl (C=O) groups is 1. The van der Waals surface area contributed by atoms with E-state index in [-0.39, 0.29) is 5.57 Å². The molecule has 5 nitrogen and oxygen atoms in total. The van der Waals surface area contributed by atoms with Crippen molar-refractivity contribution in [1.29, 1.82) is 5.26 Å². The molecule has 1 aromatic heterocycles. The van der Waals surface area contributed by atoms with E-state index in [1.165, 1.54) is 6.08 Å². The Hall–Kier alpha value is -2.27. The molecule has 0 fully saturated rings. The van der Waals surface area contributed by atoms with Gasteiger partial charge in [-0.1, -0.05) is 0 Å². The number of aryl methyl sites for hydroxylation is 1. The molecule has 0 aliphatic carbocycles. The maximum Gasteiger partial charge on any atom is 0.405 e. The largest absolute Gasteiger partial charge is 0.405 e. The van der Waals surface area contributed by atoms with Crippen LogP contribution in [-0.4, -0.2) is 36.9 Å². The summed E-state index contributed by atoms with van der Waals surface area (Å²) in [7, 11) is 1.58. The van der Waals surface area contributed by atoms with Gasteiger partial charge in [-0.3, -0.25) is 4.79 Å². The van der Waals surface area contributed by atoms with Crippen molar-refractivity contribution in [3.05, 3.63) is 28.6 Å². The zero-order chi connectivity index (χ0) is 17.6. The Kier molecular flexibility index (Phi) is 6.39. The maximum atomic E-state index is 12.1. The van der Waals surface area contributed by atoms with Gasteiger partial charge in [0.1, 0.15) is 18.2 Å². The summed E-state index contributed by atoms with van der Waals surface area (Å²) in [5.74, 6) is -1.05. The van der Waals surface area contributed by atoms with E-state index in [2.05, 4.69) is 0 Å². The molecule has 0 saturated heterocycles. The number of alkyl halides is 3. The number of hydrogen-bond donors (Lipinski definition) is 1. The second kappa shape index (κ2) is 7.83. The first kappa shape index (κ1) is 18.8. The van der Waals surface area contributed by atoms with Gasteiger partial charge in [-0.05, 0) is 31.6 Å². The van der Waals surface area contributed by atoms with Crippen LogP contribution in [0.1, 0.15) is 17.0 Å². The summed E-state index contributed by atoms with van der Waals surface area (Å²) in [6, 6.07) is 3.40. The Bertz CT molecular complexity index is 640. The Morgan fingerprint density at radius 1 is 1.48 bits per heavy atom. The number of methoxy groups -OCH3 is 1. The third kappa shape index (κ3) is 5.45. The lowest BCUT2D eigenvalue weighted by Crippen LogP contribution is -2.34. The van der Waals surface area contributed by atoms with Crippen LogP contribution >= 0.6 is 0 Å². The fraction of sp³-hybridized carbons (Fsp3) is 0.467. The van der Waals surface area contributed by atoms with Gasteiger partial charge >= 0.3 is 6.18 Å². The summed E-state index contributed by atoms with van der Waals surface area (Å²) in [6.07, 6.45) is -3.23. The highest BCUT2D eigenvalue weighted by atomic mass is 19.4. The number of nitrogens with zero attached hydrogens (tertiary/aromatic N) is 2. The predicted octanol–water partition coefficient (Wildman–Crippen LogP) is 2.34. The van der Waals surface area contributed by atoms with Gasteiger partial charge in [0.15, 0.2) is 0 Å².